The van der Waals surface area contributed by atoms with Crippen molar-refractivity contribution in [1.82, 2.24) is 14.9 Å². The van der Waals surface area contributed by atoms with Crippen LogP contribution in [0.25, 0.3) is 0 Å². The number of carbonyl (C=O) groups excluding carboxylic acids is 1. The lowest BCUT2D eigenvalue weighted by Crippen LogP contribution is -2.46. The van der Waals surface area contributed by atoms with E-state index in [1.54, 1.807) is 0 Å². The Morgan fingerprint density at radius 2 is 1.81 bits per heavy atom. The number of rotatable bonds is 2. The van der Waals surface area contributed by atoms with Crippen LogP contribution in [0.4, 0.5) is 10.3 Å². The topological polar surface area (TPSA) is 49.3 Å². The molecule has 0 spiro atoms. The molecule has 1 unspecified atom stereocenters. The Morgan fingerprint density at radius 1 is 1.10 bits per heavy atom. The third-order valence-electron chi connectivity index (χ3n) is 4.33. The zero-order valence-corrected chi connectivity index (χ0v) is 12.2. The lowest BCUT2D eigenvalue weighted by molar-refractivity contribution is -0.136. The summed E-state index contributed by atoms with van der Waals surface area (Å²) in [6.45, 7) is 3.25. The van der Waals surface area contributed by atoms with E-state index < -0.39 is 5.82 Å². The lowest BCUT2D eigenvalue weighted by atomic mass is 9.95. The van der Waals surface area contributed by atoms with Gasteiger partial charge in [0.2, 0.25) is 11.9 Å². The van der Waals surface area contributed by atoms with Gasteiger partial charge in [0.25, 0.3) is 0 Å². The number of aromatic nitrogens is 2. The fraction of sp³-hybridized carbons (Fsp3) is 0.667. The predicted molar refractivity (Wildman–Crippen MR) is 77.4 cm³/mol. The summed E-state index contributed by atoms with van der Waals surface area (Å²) in [7, 11) is 0. The van der Waals surface area contributed by atoms with Crippen molar-refractivity contribution < 1.29 is 9.18 Å². The Labute approximate surface area is 124 Å². The number of carbonyl (C=O) groups is 1. The van der Waals surface area contributed by atoms with Gasteiger partial charge in [0.1, 0.15) is 0 Å². The second kappa shape index (κ2) is 6.37. The fourth-order valence-corrected chi connectivity index (χ4v) is 3.20. The summed E-state index contributed by atoms with van der Waals surface area (Å²) >= 11 is 0. The van der Waals surface area contributed by atoms with Gasteiger partial charge >= 0.3 is 0 Å². The first kappa shape index (κ1) is 14.2. The van der Waals surface area contributed by atoms with Gasteiger partial charge in [-0.05, 0) is 32.1 Å². The maximum Gasteiger partial charge on any atom is 0.227 e. The average molecular weight is 292 g/mol. The molecule has 0 N–H and O–H groups in total. The highest BCUT2D eigenvalue weighted by molar-refractivity contribution is 5.79. The standard InChI is InChI=1S/C15H21FN4O/c16-13-9-17-15(18-10-13)20-8-4-5-12(11-20)14(21)19-6-2-1-3-7-19/h9-10,12H,1-8,11H2. The molecule has 3 heterocycles. The van der Waals surface area contributed by atoms with Gasteiger partial charge in [0.05, 0.1) is 18.3 Å². The third-order valence-corrected chi connectivity index (χ3v) is 4.33. The molecule has 5 nitrogen and oxygen atoms in total. The van der Waals surface area contributed by atoms with Crippen LogP contribution >= 0.6 is 0 Å². The van der Waals surface area contributed by atoms with Crippen LogP contribution in [0, 0.1) is 11.7 Å². The van der Waals surface area contributed by atoms with E-state index in [2.05, 4.69) is 9.97 Å². The minimum atomic E-state index is -0.434. The van der Waals surface area contributed by atoms with E-state index in [9.17, 15) is 9.18 Å². The monoisotopic (exact) mass is 292 g/mol. The highest BCUT2D eigenvalue weighted by atomic mass is 19.1. The van der Waals surface area contributed by atoms with Gasteiger partial charge in [-0.15, -0.1) is 0 Å². The Kier molecular flexibility index (Phi) is 4.31. The molecule has 21 heavy (non-hydrogen) atoms. The molecule has 0 aliphatic carbocycles. The SMILES string of the molecule is O=C(C1CCCN(c2ncc(F)cn2)C1)N1CCCCC1. The summed E-state index contributed by atoms with van der Waals surface area (Å²) in [4.78, 5) is 24.6. The van der Waals surface area contributed by atoms with Crippen LogP contribution in [-0.4, -0.2) is 47.0 Å². The van der Waals surface area contributed by atoms with Gasteiger partial charge in [0.15, 0.2) is 5.82 Å². The first-order valence-electron chi connectivity index (χ1n) is 7.75. The van der Waals surface area contributed by atoms with Crippen molar-refractivity contribution in [3.8, 4) is 0 Å². The lowest BCUT2D eigenvalue weighted by Gasteiger charge is -2.36. The first-order chi connectivity index (χ1) is 10.2. The van der Waals surface area contributed by atoms with E-state index in [0.29, 0.717) is 12.5 Å². The number of likely N-dealkylation sites (tertiary alicyclic amines) is 1. The van der Waals surface area contributed by atoms with Crippen molar-refractivity contribution in [2.75, 3.05) is 31.1 Å². The Bertz CT molecular complexity index is 487. The summed E-state index contributed by atoms with van der Waals surface area (Å²) in [6, 6.07) is 0. The molecule has 2 saturated heterocycles. The largest absolute Gasteiger partial charge is 0.342 e. The molecular weight excluding hydrogens is 271 g/mol. The van der Waals surface area contributed by atoms with Crippen LogP contribution in [0.2, 0.25) is 0 Å². The fourth-order valence-electron chi connectivity index (χ4n) is 3.20. The van der Waals surface area contributed by atoms with Crippen LogP contribution in [0.3, 0.4) is 0 Å². The number of halogens is 1. The summed E-state index contributed by atoms with van der Waals surface area (Å²) in [6.07, 6.45) is 7.69. The molecule has 0 aromatic carbocycles. The minimum Gasteiger partial charge on any atom is -0.342 e. The summed E-state index contributed by atoms with van der Waals surface area (Å²) < 4.78 is 12.9. The molecule has 6 heteroatoms. The summed E-state index contributed by atoms with van der Waals surface area (Å²) in [5.74, 6) is 0.372. The first-order valence-corrected chi connectivity index (χ1v) is 7.75. The van der Waals surface area contributed by atoms with Gasteiger partial charge in [-0.3, -0.25) is 4.79 Å². The molecule has 1 aromatic rings. The normalized spacial score (nSPS) is 23.2. The molecule has 1 amide bonds. The smallest absolute Gasteiger partial charge is 0.227 e. The number of anilines is 1. The van der Waals surface area contributed by atoms with E-state index in [0.717, 1.165) is 45.3 Å². The van der Waals surface area contributed by atoms with E-state index in [4.69, 9.17) is 0 Å². The van der Waals surface area contributed by atoms with Crippen LogP contribution in [0.1, 0.15) is 32.1 Å². The number of nitrogens with zero attached hydrogens (tertiary/aromatic N) is 4. The molecule has 114 valence electrons. The highest BCUT2D eigenvalue weighted by Crippen LogP contribution is 2.23. The van der Waals surface area contributed by atoms with E-state index in [1.807, 2.05) is 9.80 Å². The zero-order valence-electron chi connectivity index (χ0n) is 12.2. The van der Waals surface area contributed by atoms with Crippen LogP contribution in [-0.2, 0) is 4.79 Å². The highest BCUT2D eigenvalue weighted by Gasteiger charge is 2.30. The number of hydrogen-bond donors (Lipinski definition) is 0. The minimum absolute atomic E-state index is 0.0190. The van der Waals surface area contributed by atoms with E-state index in [1.165, 1.54) is 18.8 Å². The Balaban J connectivity index is 1.64. The van der Waals surface area contributed by atoms with Crippen LogP contribution in [0.5, 0.6) is 0 Å². The molecule has 1 aromatic heterocycles. The Hall–Kier alpha value is -1.72. The molecule has 3 rings (SSSR count). The van der Waals surface area contributed by atoms with Crippen molar-refractivity contribution in [3.05, 3.63) is 18.2 Å². The van der Waals surface area contributed by atoms with Crippen molar-refractivity contribution in [2.24, 2.45) is 5.92 Å². The quantitative estimate of drug-likeness (QED) is 0.834. The van der Waals surface area contributed by atoms with Crippen molar-refractivity contribution in [2.45, 2.75) is 32.1 Å². The Morgan fingerprint density at radius 3 is 2.52 bits per heavy atom. The van der Waals surface area contributed by atoms with Gasteiger partial charge < -0.3 is 9.80 Å². The maximum atomic E-state index is 12.9. The number of amides is 1. The molecule has 1 atom stereocenters. The number of hydrogen-bond acceptors (Lipinski definition) is 4. The van der Waals surface area contributed by atoms with Crippen LogP contribution in [0.15, 0.2) is 12.4 Å². The molecule has 2 aliphatic rings. The summed E-state index contributed by atoms with van der Waals surface area (Å²) in [5.41, 5.74) is 0. The van der Waals surface area contributed by atoms with Gasteiger partial charge in [-0.25, -0.2) is 14.4 Å². The van der Waals surface area contributed by atoms with E-state index >= 15 is 0 Å². The van der Waals surface area contributed by atoms with Gasteiger partial charge in [-0.1, -0.05) is 0 Å². The van der Waals surface area contributed by atoms with Crippen molar-refractivity contribution in [3.63, 3.8) is 0 Å². The van der Waals surface area contributed by atoms with E-state index in [-0.39, 0.29) is 11.8 Å². The second-order valence-electron chi connectivity index (χ2n) is 5.87. The number of piperidine rings is 2. The van der Waals surface area contributed by atoms with Crippen LogP contribution < -0.4 is 4.90 Å². The summed E-state index contributed by atoms with van der Waals surface area (Å²) in [5, 5.41) is 0. The molecule has 0 bridgehead atoms. The maximum absolute atomic E-state index is 12.9. The van der Waals surface area contributed by atoms with Crippen molar-refractivity contribution in [1.29, 1.82) is 0 Å². The second-order valence-corrected chi connectivity index (χ2v) is 5.87. The zero-order chi connectivity index (χ0) is 14.7. The average Bonchev–Trinajstić information content (AvgIpc) is 2.56. The molecular formula is C15H21FN4O. The molecule has 2 fully saturated rings. The third kappa shape index (κ3) is 3.31. The predicted octanol–water partition coefficient (Wildman–Crippen LogP) is 1.84. The van der Waals surface area contributed by atoms with Crippen molar-refractivity contribution >= 4 is 11.9 Å². The molecule has 0 saturated carbocycles. The van der Waals surface area contributed by atoms with Gasteiger partial charge in [-0.2, -0.15) is 0 Å². The molecule has 0 radical (unpaired) electrons. The molecule has 2 aliphatic heterocycles. The van der Waals surface area contributed by atoms with Gasteiger partial charge in [0, 0.05) is 26.2 Å².